The minimum atomic E-state index is -0.919. The number of hydrazine groups is 1. The number of carboxylic acid groups (broad SMARTS) is 1. The molecule has 0 bridgehead atoms. The van der Waals surface area contributed by atoms with Crippen LogP contribution < -0.4 is 0 Å². The lowest BCUT2D eigenvalue weighted by molar-refractivity contribution is -0.137. The van der Waals surface area contributed by atoms with Gasteiger partial charge in [-0.3, -0.25) is 9.59 Å². The lowest BCUT2D eigenvalue weighted by Crippen LogP contribution is -2.40. The van der Waals surface area contributed by atoms with Crippen molar-refractivity contribution in [3.8, 4) is 0 Å². The van der Waals surface area contributed by atoms with E-state index in [1.807, 2.05) is 54.6 Å². The van der Waals surface area contributed by atoms with E-state index >= 15 is 0 Å². The number of amidine groups is 1. The van der Waals surface area contributed by atoms with Crippen LogP contribution in [0.5, 0.6) is 0 Å². The number of hydrogen-bond donors (Lipinski definition) is 1. The van der Waals surface area contributed by atoms with E-state index in [1.54, 1.807) is 35.9 Å². The van der Waals surface area contributed by atoms with Gasteiger partial charge >= 0.3 is 5.97 Å². The Kier molecular flexibility index (Phi) is 5.43. The normalized spacial score (nSPS) is 17.0. The number of carboxylic acids is 1. The van der Waals surface area contributed by atoms with E-state index in [2.05, 4.69) is 4.99 Å². The van der Waals surface area contributed by atoms with Gasteiger partial charge < -0.3 is 9.67 Å². The van der Waals surface area contributed by atoms with Gasteiger partial charge in [0.15, 0.2) is 5.17 Å². The minimum absolute atomic E-state index is 0.144. The van der Waals surface area contributed by atoms with Crippen LogP contribution in [-0.2, 0) is 16.1 Å². The molecule has 30 heavy (non-hydrogen) atoms. The number of fused-ring (bicyclic) bond motifs is 1. The second kappa shape index (κ2) is 8.17. The van der Waals surface area contributed by atoms with Crippen molar-refractivity contribution in [2.24, 2.45) is 4.99 Å². The lowest BCUT2D eigenvalue weighted by atomic mass is 10.1. The lowest BCUT2D eigenvalue weighted by Gasteiger charge is -2.22. The molecule has 0 atom stereocenters. The largest absolute Gasteiger partial charge is 0.480 e. The number of thioether (sulfide) groups is 1. The molecule has 1 amide bonds. The van der Waals surface area contributed by atoms with Gasteiger partial charge in [-0.25, -0.2) is 15.0 Å². The van der Waals surface area contributed by atoms with Crippen LogP contribution in [0.1, 0.15) is 5.56 Å². The van der Waals surface area contributed by atoms with Crippen LogP contribution >= 0.6 is 11.8 Å². The number of hydrogen-bond acceptors (Lipinski definition) is 5. The Balaban J connectivity index is 1.76. The Bertz CT molecular complexity index is 1180. The molecule has 1 aliphatic heterocycles. The Morgan fingerprint density at radius 2 is 1.83 bits per heavy atom. The Hall–Kier alpha value is -3.36. The first-order chi connectivity index (χ1) is 14.4. The summed E-state index contributed by atoms with van der Waals surface area (Å²) < 4.78 is 1.68. The highest BCUT2D eigenvalue weighted by molar-refractivity contribution is 8.18. The number of carbonyl (C=O) groups excluding carboxylic acids is 1. The summed E-state index contributed by atoms with van der Waals surface area (Å²) in [5.41, 5.74) is 2.37. The van der Waals surface area contributed by atoms with Gasteiger partial charge in [0.05, 0.1) is 10.6 Å². The number of aliphatic imine (C=N–C) groups is 1. The quantitative estimate of drug-likeness (QED) is 0.635. The number of rotatable bonds is 5. The molecule has 8 heteroatoms. The van der Waals surface area contributed by atoms with Crippen LogP contribution in [0.3, 0.4) is 0 Å². The molecule has 1 aromatic heterocycles. The van der Waals surface area contributed by atoms with E-state index in [0.717, 1.165) is 22.2 Å². The topological polar surface area (TPSA) is 78.1 Å². The van der Waals surface area contributed by atoms with Gasteiger partial charge in [-0.15, -0.1) is 0 Å². The van der Waals surface area contributed by atoms with Crippen molar-refractivity contribution in [3.63, 3.8) is 0 Å². The molecule has 7 nitrogen and oxygen atoms in total. The second-order valence-electron chi connectivity index (χ2n) is 6.93. The van der Waals surface area contributed by atoms with Crippen LogP contribution in [0.2, 0.25) is 0 Å². The van der Waals surface area contributed by atoms with E-state index in [-0.39, 0.29) is 12.5 Å². The molecule has 2 heterocycles. The Morgan fingerprint density at radius 1 is 1.13 bits per heavy atom. The molecule has 2 aromatic carbocycles. The summed E-state index contributed by atoms with van der Waals surface area (Å²) >= 11 is 1.30. The van der Waals surface area contributed by atoms with Gasteiger partial charge in [0.1, 0.15) is 6.54 Å². The zero-order chi connectivity index (χ0) is 21.3. The molecule has 1 saturated heterocycles. The van der Waals surface area contributed by atoms with Gasteiger partial charge in [-0.1, -0.05) is 36.4 Å². The number of aromatic nitrogens is 1. The summed E-state index contributed by atoms with van der Waals surface area (Å²) in [5.74, 6) is -1.09. The highest BCUT2D eigenvalue weighted by atomic mass is 32.2. The third kappa shape index (κ3) is 3.87. The third-order valence-corrected chi connectivity index (χ3v) is 5.54. The molecule has 1 aliphatic rings. The number of para-hydroxylation sites is 2. The maximum atomic E-state index is 13.1. The zero-order valence-electron chi connectivity index (χ0n) is 16.5. The average Bonchev–Trinajstić information content (AvgIpc) is 3.20. The monoisotopic (exact) mass is 420 g/mol. The van der Waals surface area contributed by atoms with Crippen molar-refractivity contribution in [1.29, 1.82) is 0 Å². The molecular formula is C22H20N4O3S. The number of amides is 1. The third-order valence-electron chi connectivity index (χ3n) is 4.58. The van der Waals surface area contributed by atoms with Gasteiger partial charge in [0, 0.05) is 36.8 Å². The van der Waals surface area contributed by atoms with Gasteiger partial charge in [0.2, 0.25) is 0 Å². The van der Waals surface area contributed by atoms with Crippen molar-refractivity contribution in [3.05, 3.63) is 71.3 Å². The Morgan fingerprint density at radius 3 is 2.53 bits per heavy atom. The van der Waals surface area contributed by atoms with Crippen LogP contribution in [-0.4, -0.2) is 50.8 Å². The predicted molar refractivity (Wildman–Crippen MR) is 119 cm³/mol. The maximum absolute atomic E-state index is 13.1. The fourth-order valence-electron chi connectivity index (χ4n) is 3.31. The van der Waals surface area contributed by atoms with E-state index in [9.17, 15) is 14.7 Å². The summed E-state index contributed by atoms with van der Waals surface area (Å²) in [6.45, 7) is -0.144. The van der Waals surface area contributed by atoms with Crippen LogP contribution in [0, 0.1) is 0 Å². The van der Waals surface area contributed by atoms with Gasteiger partial charge in [-0.2, -0.15) is 0 Å². The molecule has 3 aromatic rings. The summed E-state index contributed by atoms with van der Waals surface area (Å²) in [5, 5.41) is 13.9. The van der Waals surface area contributed by atoms with E-state index < -0.39 is 5.97 Å². The molecule has 0 radical (unpaired) electrons. The summed E-state index contributed by atoms with van der Waals surface area (Å²) in [4.78, 5) is 29.5. The Labute approximate surface area is 177 Å². The van der Waals surface area contributed by atoms with Crippen molar-refractivity contribution in [1.82, 2.24) is 14.6 Å². The number of nitrogens with zero attached hydrogens (tertiary/aromatic N) is 4. The minimum Gasteiger partial charge on any atom is -0.480 e. The molecule has 0 saturated carbocycles. The fraction of sp³-hybridized carbons (Fsp3) is 0.136. The zero-order valence-corrected chi connectivity index (χ0v) is 17.3. The summed E-state index contributed by atoms with van der Waals surface area (Å²) in [6, 6.07) is 17.0. The highest BCUT2D eigenvalue weighted by Crippen LogP contribution is 2.36. The first-order valence-corrected chi connectivity index (χ1v) is 10.1. The summed E-state index contributed by atoms with van der Waals surface area (Å²) in [6.07, 6.45) is 3.57. The molecule has 4 rings (SSSR count). The van der Waals surface area contributed by atoms with Crippen LogP contribution in [0.4, 0.5) is 5.69 Å². The first kappa shape index (κ1) is 19.9. The molecule has 152 valence electrons. The fourth-order valence-corrected chi connectivity index (χ4v) is 4.35. The first-order valence-electron chi connectivity index (χ1n) is 9.28. The number of carbonyl (C=O) groups is 2. The van der Waals surface area contributed by atoms with Crippen molar-refractivity contribution in [2.75, 3.05) is 14.1 Å². The van der Waals surface area contributed by atoms with E-state index in [0.29, 0.717) is 10.1 Å². The van der Waals surface area contributed by atoms with E-state index in [1.165, 1.54) is 16.8 Å². The van der Waals surface area contributed by atoms with Crippen molar-refractivity contribution in [2.45, 2.75) is 6.54 Å². The van der Waals surface area contributed by atoms with Crippen LogP contribution in [0.25, 0.3) is 17.0 Å². The molecule has 1 N–H and O–H groups in total. The summed E-state index contributed by atoms with van der Waals surface area (Å²) in [7, 11) is 3.58. The molecule has 1 fully saturated rings. The number of aliphatic carboxylic acids is 1. The number of benzene rings is 2. The van der Waals surface area contributed by atoms with Crippen molar-refractivity contribution >= 4 is 51.5 Å². The predicted octanol–water partition coefficient (Wildman–Crippen LogP) is 3.81. The average molecular weight is 420 g/mol. The molecule has 0 unspecified atom stereocenters. The van der Waals surface area contributed by atoms with E-state index in [4.69, 9.17) is 0 Å². The maximum Gasteiger partial charge on any atom is 0.323 e. The SMILES string of the molecule is CN(C)N1C(=O)C(=Cc2cn(CC(=O)O)c3ccccc23)SC1=Nc1ccccc1. The molecular weight excluding hydrogens is 400 g/mol. The second-order valence-corrected chi connectivity index (χ2v) is 7.94. The van der Waals surface area contributed by atoms with Gasteiger partial charge in [-0.05, 0) is 36.0 Å². The van der Waals surface area contributed by atoms with Gasteiger partial charge in [0.25, 0.3) is 5.91 Å². The van der Waals surface area contributed by atoms with Crippen LogP contribution in [0.15, 0.2) is 70.7 Å². The molecule has 0 aliphatic carbocycles. The molecule has 0 spiro atoms. The standard InChI is InChI=1S/C22H20N4O3S/c1-24(2)26-21(29)19(30-22(26)23-16-8-4-3-5-9-16)12-15-13-25(14-20(27)28)18-11-7-6-10-17(15)18/h3-13H,14H2,1-2H3,(H,27,28). The smallest absolute Gasteiger partial charge is 0.323 e. The highest BCUT2D eigenvalue weighted by Gasteiger charge is 2.35. The van der Waals surface area contributed by atoms with Crippen molar-refractivity contribution < 1.29 is 14.7 Å².